The Kier molecular flexibility index (Phi) is 11.0. The van der Waals surface area contributed by atoms with Crippen LogP contribution in [0.15, 0.2) is 48.7 Å². The van der Waals surface area contributed by atoms with Gasteiger partial charge in [0.25, 0.3) is 0 Å². The number of aryl methyl sites for hydroxylation is 2. The van der Waals surface area contributed by atoms with Gasteiger partial charge in [-0.15, -0.1) is 0 Å². The average molecular weight is 722 g/mol. The first kappa shape index (κ1) is 36.9. The van der Waals surface area contributed by atoms with Crippen LogP contribution < -0.4 is 21.1 Å². The Morgan fingerprint density at radius 1 is 1.04 bits per heavy atom. The van der Waals surface area contributed by atoms with E-state index in [-0.39, 0.29) is 24.4 Å². The molecule has 7 rings (SSSR count). The molecule has 4 aromatic rings. The highest BCUT2D eigenvalue weighted by Gasteiger charge is 2.64. The molecule has 2 amide bonds. The first-order valence-corrected chi connectivity index (χ1v) is 19.5. The second-order valence-corrected chi connectivity index (χ2v) is 15.3. The number of aromatic nitrogens is 3. The number of pyridine rings is 1. The third-order valence-electron chi connectivity index (χ3n) is 11.9. The number of rotatable bonds is 14. The van der Waals surface area contributed by atoms with Gasteiger partial charge in [0.1, 0.15) is 11.2 Å². The molecule has 11 heteroatoms. The number of hydrogen-bond donors (Lipinski definition) is 3. The number of likely N-dealkylation sites (tertiary alicyclic amines) is 1. The number of methoxy groups -OCH3 is 1. The molecule has 53 heavy (non-hydrogen) atoms. The number of nitrogens with two attached hydrogens (primary N) is 1. The van der Waals surface area contributed by atoms with Crippen LogP contribution in [0.4, 0.5) is 5.69 Å². The van der Waals surface area contributed by atoms with Gasteiger partial charge in [0.2, 0.25) is 11.8 Å². The summed E-state index contributed by atoms with van der Waals surface area (Å²) >= 11 is 0. The topological polar surface area (TPSA) is 137 Å². The third kappa shape index (κ3) is 7.64. The lowest BCUT2D eigenvalue weighted by molar-refractivity contribution is -0.136. The quantitative estimate of drug-likeness (QED) is 0.145. The minimum Gasteiger partial charge on any atom is -0.496 e. The molecule has 2 aromatic heterocycles. The Hall–Kier alpha value is -4.48. The zero-order chi connectivity index (χ0) is 37.1. The molecule has 3 aliphatic rings. The molecule has 2 atom stereocenters. The van der Waals surface area contributed by atoms with Gasteiger partial charge in [-0.25, -0.2) is 9.67 Å². The number of nitrogens with one attached hydrogen (secondary N) is 2. The number of primary amides is 1. The number of anilines is 1. The maximum absolute atomic E-state index is 14.0. The number of amides is 2. The van der Waals surface area contributed by atoms with Crippen LogP contribution in [0.3, 0.4) is 0 Å². The standard InChI is InChI=1S/C42H55N7O4/c1-5-36-34(38(46-32-14-18-53-19-15-32)35-26-45-49(6-2)39(35)47-36)23-31-24-42(31,40(43)50)41(51)44-25-29-10-11-37(52-4)33(22-29)30-9-7-8-28(21-30)20-27-12-16-48(3)17-13-27/h7-11,21-22,26-27,31-32H,5-6,12-20,23-25H2,1-4H3,(H2,43,50)(H,44,51)(H,46,47). The van der Waals surface area contributed by atoms with E-state index in [1.54, 1.807) is 7.11 Å². The van der Waals surface area contributed by atoms with E-state index in [1.165, 1.54) is 18.4 Å². The highest BCUT2D eigenvalue weighted by atomic mass is 16.5. The number of piperidine rings is 1. The fraction of sp³-hybridized carbons (Fsp3) is 0.524. The van der Waals surface area contributed by atoms with Crippen molar-refractivity contribution >= 4 is 28.5 Å². The summed E-state index contributed by atoms with van der Waals surface area (Å²) in [7, 11) is 3.88. The summed E-state index contributed by atoms with van der Waals surface area (Å²) in [6, 6.07) is 15.0. The number of hydrogen-bond acceptors (Lipinski definition) is 8. The second kappa shape index (κ2) is 15.9. The van der Waals surface area contributed by atoms with Gasteiger partial charge in [-0.1, -0.05) is 37.3 Å². The molecule has 11 nitrogen and oxygen atoms in total. The summed E-state index contributed by atoms with van der Waals surface area (Å²) in [5, 5.41) is 12.5. The maximum atomic E-state index is 14.0. The molecule has 4 N–H and O–H groups in total. The van der Waals surface area contributed by atoms with Gasteiger partial charge in [0.15, 0.2) is 5.65 Å². The number of ether oxygens (including phenoxy) is 2. The largest absolute Gasteiger partial charge is 0.496 e. The predicted octanol–water partition coefficient (Wildman–Crippen LogP) is 5.51. The number of nitrogens with zero attached hydrogens (tertiary/aromatic N) is 4. The van der Waals surface area contributed by atoms with Crippen molar-refractivity contribution in [3.05, 3.63) is 71.0 Å². The second-order valence-electron chi connectivity index (χ2n) is 15.3. The summed E-state index contributed by atoms with van der Waals surface area (Å²) in [4.78, 5) is 34.6. The molecule has 0 radical (unpaired) electrons. The Morgan fingerprint density at radius 3 is 2.55 bits per heavy atom. The fourth-order valence-electron chi connectivity index (χ4n) is 8.54. The number of carbonyl (C=O) groups excluding carboxylic acids is 2. The molecule has 3 fully saturated rings. The van der Waals surface area contributed by atoms with Gasteiger partial charge < -0.3 is 30.7 Å². The summed E-state index contributed by atoms with van der Waals surface area (Å²) in [5.41, 5.74) is 12.9. The first-order valence-electron chi connectivity index (χ1n) is 19.5. The van der Waals surface area contributed by atoms with Gasteiger partial charge in [0, 0.05) is 43.6 Å². The maximum Gasteiger partial charge on any atom is 0.236 e. The van der Waals surface area contributed by atoms with Gasteiger partial charge in [-0.3, -0.25) is 9.59 Å². The van der Waals surface area contributed by atoms with Crippen molar-refractivity contribution < 1.29 is 19.1 Å². The summed E-state index contributed by atoms with van der Waals surface area (Å²) in [6.45, 7) is 8.86. The lowest BCUT2D eigenvalue weighted by Crippen LogP contribution is -2.42. The summed E-state index contributed by atoms with van der Waals surface area (Å²) in [6.07, 6.45) is 8.83. The van der Waals surface area contributed by atoms with E-state index in [2.05, 4.69) is 71.9 Å². The van der Waals surface area contributed by atoms with Gasteiger partial charge in [0.05, 0.1) is 24.4 Å². The van der Waals surface area contributed by atoms with Crippen molar-refractivity contribution in [3.8, 4) is 16.9 Å². The van der Waals surface area contributed by atoms with Crippen LogP contribution in [0.5, 0.6) is 5.75 Å². The Balaban J connectivity index is 1.09. The number of carbonyl (C=O) groups is 2. The molecular weight excluding hydrogens is 667 g/mol. The van der Waals surface area contributed by atoms with Crippen molar-refractivity contribution in [2.24, 2.45) is 23.0 Å². The molecule has 2 saturated heterocycles. The zero-order valence-corrected chi connectivity index (χ0v) is 31.7. The van der Waals surface area contributed by atoms with E-state index in [9.17, 15) is 9.59 Å². The zero-order valence-electron chi connectivity index (χ0n) is 31.7. The van der Waals surface area contributed by atoms with Crippen molar-refractivity contribution in [1.82, 2.24) is 25.0 Å². The van der Waals surface area contributed by atoms with Crippen LogP contribution in [0.2, 0.25) is 0 Å². The molecule has 0 spiro atoms. The molecule has 1 aliphatic carbocycles. The van der Waals surface area contributed by atoms with E-state index in [1.807, 2.05) is 23.0 Å². The van der Waals surface area contributed by atoms with Gasteiger partial charge >= 0.3 is 0 Å². The Bertz CT molecular complexity index is 1950. The average Bonchev–Trinajstić information content (AvgIpc) is 3.77. The van der Waals surface area contributed by atoms with Crippen molar-refractivity contribution in [2.45, 2.75) is 84.3 Å². The summed E-state index contributed by atoms with van der Waals surface area (Å²) < 4.78 is 13.3. The van der Waals surface area contributed by atoms with E-state index in [0.717, 1.165) is 82.8 Å². The minimum atomic E-state index is -1.28. The van der Waals surface area contributed by atoms with Crippen LogP contribution in [0, 0.1) is 17.3 Å². The summed E-state index contributed by atoms with van der Waals surface area (Å²) in [5.74, 6) is 0.328. The molecule has 4 heterocycles. The van der Waals surface area contributed by atoms with E-state index >= 15 is 0 Å². The van der Waals surface area contributed by atoms with Crippen LogP contribution in [0.1, 0.15) is 68.3 Å². The van der Waals surface area contributed by atoms with Crippen LogP contribution >= 0.6 is 0 Å². The SMILES string of the molecule is CCc1nc2c(cnn2CC)c(NC2CCOCC2)c1CC1CC1(C(N)=O)C(=O)NCc1ccc(OC)c(-c2cccc(CC3CCN(C)CC3)c2)c1. The monoisotopic (exact) mass is 721 g/mol. The van der Waals surface area contributed by atoms with Gasteiger partial charge in [-0.05, 0) is 125 Å². The Labute approximate surface area is 313 Å². The van der Waals surface area contributed by atoms with E-state index in [0.29, 0.717) is 44.9 Å². The lowest BCUT2D eigenvalue weighted by Gasteiger charge is -2.29. The lowest BCUT2D eigenvalue weighted by atomic mass is 9.89. The molecule has 1 saturated carbocycles. The molecule has 2 aliphatic heterocycles. The molecular formula is C42H55N7O4. The third-order valence-corrected chi connectivity index (χ3v) is 11.9. The smallest absolute Gasteiger partial charge is 0.236 e. The molecule has 2 aromatic carbocycles. The normalized spacial score (nSPS) is 21.1. The van der Waals surface area contributed by atoms with E-state index < -0.39 is 11.3 Å². The Morgan fingerprint density at radius 2 is 1.83 bits per heavy atom. The minimum absolute atomic E-state index is 0.236. The van der Waals surface area contributed by atoms with Crippen LogP contribution in [-0.4, -0.2) is 78.0 Å². The molecule has 0 bridgehead atoms. The predicted molar refractivity (Wildman–Crippen MR) is 208 cm³/mol. The van der Waals surface area contributed by atoms with Crippen LogP contribution in [0.25, 0.3) is 22.2 Å². The van der Waals surface area contributed by atoms with Crippen molar-refractivity contribution in [1.29, 1.82) is 0 Å². The number of benzene rings is 2. The van der Waals surface area contributed by atoms with Gasteiger partial charge in [-0.2, -0.15) is 5.10 Å². The number of fused-ring (bicyclic) bond motifs is 1. The van der Waals surface area contributed by atoms with Crippen LogP contribution in [-0.2, 0) is 46.7 Å². The van der Waals surface area contributed by atoms with Crippen molar-refractivity contribution in [3.63, 3.8) is 0 Å². The highest BCUT2D eigenvalue weighted by molar-refractivity contribution is 6.08. The molecule has 282 valence electrons. The van der Waals surface area contributed by atoms with E-state index in [4.69, 9.17) is 20.2 Å². The first-order chi connectivity index (χ1) is 25.7. The molecule has 2 unspecified atom stereocenters. The highest BCUT2D eigenvalue weighted by Crippen LogP contribution is 2.55. The van der Waals surface area contributed by atoms with Crippen molar-refractivity contribution in [2.75, 3.05) is 45.8 Å². The fourth-order valence-corrected chi connectivity index (χ4v) is 8.54.